The smallest absolute Gasteiger partial charge is 0.326 e. The highest BCUT2D eigenvalue weighted by atomic mass is 35.5. The summed E-state index contributed by atoms with van der Waals surface area (Å²) < 4.78 is 6.84. The second-order valence-corrected chi connectivity index (χ2v) is 5.69. The summed E-state index contributed by atoms with van der Waals surface area (Å²) >= 11 is 6.04. The van der Waals surface area contributed by atoms with Gasteiger partial charge in [-0.2, -0.15) is 9.97 Å². The molecule has 0 atom stereocenters. The Morgan fingerprint density at radius 1 is 1.48 bits per heavy atom. The van der Waals surface area contributed by atoms with Crippen LogP contribution < -0.4 is 0 Å². The summed E-state index contributed by atoms with van der Waals surface area (Å²) in [6, 6.07) is 0. The normalized spacial score (nSPS) is 12.2. The molecule has 21 heavy (non-hydrogen) atoms. The van der Waals surface area contributed by atoms with E-state index in [4.69, 9.17) is 16.3 Å². The summed E-state index contributed by atoms with van der Waals surface area (Å²) in [4.78, 5) is 28.2. The molecule has 7 nitrogen and oxygen atoms in total. The van der Waals surface area contributed by atoms with Gasteiger partial charge in [-0.05, 0) is 27.7 Å². The molecule has 0 saturated carbocycles. The van der Waals surface area contributed by atoms with Crippen molar-refractivity contribution >= 4 is 40.9 Å². The van der Waals surface area contributed by atoms with Crippen molar-refractivity contribution in [3.05, 3.63) is 11.5 Å². The molecule has 0 saturated heterocycles. The molecule has 2 aromatic heterocycles. The molecule has 0 aliphatic rings. The van der Waals surface area contributed by atoms with Gasteiger partial charge in [-0.1, -0.05) is 11.6 Å². The molecule has 0 amide bonds. The van der Waals surface area contributed by atoms with E-state index >= 15 is 0 Å². The van der Waals surface area contributed by atoms with E-state index in [1.165, 1.54) is 6.33 Å². The van der Waals surface area contributed by atoms with Gasteiger partial charge in [0, 0.05) is 6.21 Å². The SMILES string of the molecule is C/C=N/c1nc(Cl)c2ncn(CC(=O)OC(C)(C)C)c2n1. The third kappa shape index (κ3) is 3.75. The largest absolute Gasteiger partial charge is 0.459 e. The lowest BCUT2D eigenvalue weighted by molar-refractivity contribution is -0.155. The molecule has 0 bridgehead atoms. The molecule has 0 aromatic carbocycles. The number of aliphatic imine (C=N–C) groups is 1. The van der Waals surface area contributed by atoms with Crippen molar-refractivity contribution in [3.63, 3.8) is 0 Å². The van der Waals surface area contributed by atoms with E-state index in [0.29, 0.717) is 11.2 Å². The predicted molar refractivity (Wildman–Crippen MR) is 80.0 cm³/mol. The van der Waals surface area contributed by atoms with Crippen LogP contribution in [-0.2, 0) is 16.1 Å². The first-order chi connectivity index (χ1) is 9.80. The minimum Gasteiger partial charge on any atom is -0.459 e. The molecule has 0 unspecified atom stereocenters. The Hall–Kier alpha value is -2.02. The van der Waals surface area contributed by atoms with Crippen molar-refractivity contribution in [2.75, 3.05) is 0 Å². The lowest BCUT2D eigenvalue weighted by Gasteiger charge is -2.19. The molecule has 8 heteroatoms. The van der Waals surface area contributed by atoms with Gasteiger partial charge < -0.3 is 9.30 Å². The number of esters is 1. The number of halogens is 1. The van der Waals surface area contributed by atoms with Crippen LogP contribution in [0.15, 0.2) is 11.3 Å². The number of hydrogen-bond acceptors (Lipinski definition) is 6. The fraction of sp³-hybridized carbons (Fsp3) is 0.462. The average Bonchev–Trinajstić information content (AvgIpc) is 2.71. The van der Waals surface area contributed by atoms with Crippen LogP contribution in [0.2, 0.25) is 5.15 Å². The number of rotatable bonds is 3. The number of ether oxygens (including phenoxy) is 1. The summed E-state index contributed by atoms with van der Waals surface area (Å²) in [6.07, 6.45) is 3.04. The standard InChI is InChI=1S/C13H16ClN5O2/c1-5-15-12-17-10(14)9-11(18-12)19(7-16-9)6-8(20)21-13(2,3)4/h5,7H,6H2,1-4H3/b15-5+. The Kier molecular flexibility index (Phi) is 4.22. The van der Waals surface area contributed by atoms with Crippen molar-refractivity contribution in [3.8, 4) is 0 Å². The Bertz CT molecular complexity index is 702. The second-order valence-electron chi connectivity index (χ2n) is 5.33. The number of carbonyl (C=O) groups excluding carboxylic acids is 1. The highest BCUT2D eigenvalue weighted by molar-refractivity contribution is 6.33. The number of imidazole rings is 1. The second kappa shape index (κ2) is 5.77. The summed E-state index contributed by atoms with van der Waals surface area (Å²) in [5, 5.41) is 0.198. The fourth-order valence-electron chi connectivity index (χ4n) is 1.70. The molecular formula is C13H16ClN5O2. The van der Waals surface area contributed by atoms with Crippen LogP contribution in [0.5, 0.6) is 0 Å². The van der Waals surface area contributed by atoms with E-state index < -0.39 is 5.60 Å². The third-order valence-electron chi connectivity index (χ3n) is 2.37. The van der Waals surface area contributed by atoms with Gasteiger partial charge in [-0.15, -0.1) is 0 Å². The summed E-state index contributed by atoms with van der Waals surface area (Å²) in [6.45, 7) is 7.17. The van der Waals surface area contributed by atoms with Gasteiger partial charge in [0.1, 0.15) is 17.7 Å². The van der Waals surface area contributed by atoms with Crippen molar-refractivity contribution in [1.29, 1.82) is 0 Å². The van der Waals surface area contributed by atoms with Crippen LogP contribution in [0, 0.1) is 0 Å². The number of fused-ring (bicyclic) bond motifs is 1. The summed E-state index contributed by atoms with van der Waals surface area (Å²) in [5.74, 6) is -0.155. The molecule has 0 aliphatic heterocycles. The molecule has 0 radical (unpaired) electrons. The van der Waals surface area contributed by atoms with Crippen LogP contribution in [0.25, 0.3) is 11.2 Å². The highest BCUT2D eigenvalue weighted by Crippen LogP contribution is 2.21. The zero-order valence-corrected chi connectivity index (χ0v) is 13.0. The van der Waals surface area contributed by atoms with Crippen LogP contribution in [0.1, 0.15) is 27.7 Å². The first-order valence-corrected chi connectivity index (χ1v) is 6.77. The van der Waals surface area contributed by atoms with E-state index in [2.05, 4.69) is 19.9 Å². The first-order valence-electron chi connectivity index (χ1n) is 6.39. The monoisotopic (exact) mass is 309 g/mol. The molecule has 0 N–H and O–H groups in total. The lowest BCUT2D eigenvalue weighted by Crippen LogP contribution is -2.26. The maximum absolute atomic E-state index is 11.9. The van der Waals surface area contributed by atoms with Gasteiger partial charge >= 0.3 is 5.97 Å². The van der Waals surface area contributed by atoms with Gasteiger partial charge in [-0.3, -0.25) is 4.79 Å². The minimum atomic E-state index is -0.544. The molecular weight excluding hydrogens is 294 g/mol. The van der Waals surface area contributed by atoms with Gasteiger partial charge in [-0.25, -0.2) is 9.98 Å². The van der Waals surface area contributed by atoms with E-state index in [9.17, 15) is 4.79 Å². The van der Waals surface area contributed by atoms with Crippen LogP contribution in [0.3, 0.4) is 0 Å². The van der Waals surface area contributed by atoms with E-state index in [1.807, 2.05) is 20.8 Å². The molecule has 2 aromatic rings. The van der Waals surface area contributed by atoms with Crippen molar-refractivity contribution in [1.82, 2.24) is 19.5 Å². The summed E-state index contributed by atoms with van der Waals surface area (Å²) in [5.41, 5.74) is 0.328. The molecule has 0 aliphatic carbocycles. The zero-order chi connectivity index (χ0) is 15.6. The lowest BCUT2D eigenvalue weighted by atomic mass is 10.2. The van der Waals surface area contributed by atoms with Gasteiger partial charge in [0.25, 0.3) is 5.95 Å². The van der Waals surface area contributed by atoms with Gasteiger partial charge in [0.05, 0.1) is 6.33 Å². The van der Waals surface area contributed by atoms with Gasteiger partial charge in [0.15, 0.2) is 10.8 Å². The Labute approximate surface area is 127 Å². The molecule has 2 rings (SSSR count). The van der Waals surface area contributed by atoms with Crippen LogP contribution in [-0.4, -0.2) is 37.3 Å². The number of nitrogens with zero attached hydrogens (tertiary/aromatic N) is 5. The third-order valence-corrected chi connectivity index (χ3v) is 2.64. The highest BCUT2D eigenvalue weighted by Gasteiger charge is 2.18. The number of carbonyl (C=O) groups is 1. The fourth-order valence-corrected chi connectivity index (χ4v) is 1.91. The maximum atomic E-state index is 11.9. The number of aromatic nitrogens is 4. The average molecular weight is 310 g/mol. The van der Waals surface area contributed by atoms with Crippen molar-refractivity contribution in [2.45, 2.75) is 39.8 Å². The molecule has 2 heterocycles. The molecule has 0 spiro atoms. The van der Waals surface area contributed by atoms with Crippen LogP contribution in [0.4, 0.5) is 5.95 Å². The quantitative estimate of drug-likeness (QED) is 0.494. The number of hydrogen-bond donors (Lipinski definition) is 0. The minimum absolute atomic E-state index is 0.00358. The topological polar surface area (TPSA) is 82.3 Å². The van der Waals surface area contributed by atoms with Crippen LogP contribution >= 0.6 is 11.6 Å². The molecule has 0 fully saturated rings. The van der Waals surface area contributed by atoms with Crippen molar-refractivity contribution < 1.29 is 9.53 Å². The first kappa shape index (κ1) is 15.4. The predicted octanol–water partition coefficient (Wildman–Crippen LogP) is 2.54. The van der Waals surface area contributed by atoms with E-state index in [1.54, 1.807) is 17.7 Å². The van der Waals surface area contributed by atoms with E-state index in [0.717, 1.165) is 0 Å². The zero-order valence-electron chi connectivity index (χ0n) is 12.3. The Morgan fingerprint density at radius 3 is 2.81 bits per heavy atom. The maximum Gasteiger partial charge on any atom is 0.326 e. The molecule has 112 valence electrons. The van der Waals surface area contributed by atoms with Crippen molar-refractivity contribution in [2.24, 2.45) is 4.99 Å². The van der Waals surface area contributed by atoms with E-state index in [-0.39, 0.29) is 23.6 Å². The van der Waals surface area contributed by atoms with Gasteiger partial charge in [0.2, 0.25) is 0 Å². The summed E-state index contributed by atoms with van der Waals surface area (Å²) in [7, 11) is 0. The Balaban J connectivity index is 2.34. The Morgan fingerprint density at radius 2 is 2.19 bits per heavy atom.